The van der Waals surface area contributed by atoms with Crippen molar-refractivity contribution in [3.8, 4) is 0 Å². The zero-order valence-corrected chi connectivity index (χ0v) is 13.2. The van der Waals surface area contributed by atoms with Crippen LogP contribution >= 0.6 is 36.6 Å². The zero-order valence-electron chi connectivity index (χ0n) is 10.8. The van der Waals surface area contributed by atoms with Crippen molar-refractivity contribution in [2.45, 2.75) is 18.9 Å². The molecule has 0 aromatic rings. The lowest BCUT2D eigenvalue weighted by atomic mass is 10.2. The predicted octanol–water partition coefficient (Wildman–Crippen LogP) is 0.978. The number of nitrogens with one attached hydrogen (secondary N) is 1. The summed E-state index contributed by atoms with van der Waals surface area (Å²) >= 11 is 1.71. The van der Waals surface area contributed by atoms with E-state index in [1.807, 2.05) is 20.4 Å². The van der Waals surface area contributed by atoms with Crippen LogP contribution in [0.15, 0.2) is 0 Å². The SMILES string of the molecule is CSCC[C@H](N)C(=O)NCCCN(C)C.Cl.Cl. The van der Waals surface area contributed by atoms with Crippen molar-refractivity contribution in [3.05, 3.63) is 0 Å². The van der Waals surface area contributed by atoms with Gasteiger partial charge in [-0.2, -0.15) is 11.8 Å². The summed E-state index contributed by atoms with van der Waals surface area (Å²) in [6, 6.07) is -0.350. The molecule has 0 aliphatic carbocycles. The number of amides is 1. The number of rotatable bonds is 8. The molecule has 0 fully saturated rings. The van der Waals surface area contributed by atoms with Gasteiger partial charge in [0.25, 0.3) is 0 Å². The first kappa shape index (κ1) is 22.5. The quantitative estimate of drug-likeness (QED) is 0.656. The molecule has 0 aromatic carbocycles. The van der Waals surface area contributed by atoms with Crippen molar-refractivity contribution in [2.24, 2.45) is 5.73 Å². The molecule has 0 aromatic heterocycles. The standard InChI is InChI=1S/C10H23N3OS.2ClH/c1-13(2)7-4-6-12-10(14)9(11)5-8-15-3;;/h9H,4-8,11H2,1-3H3,(H,12,14);2*1H/t9-;;/m0../s1. The first-order valence-corrected chi connectivity index (χ1v) is 6.64. The predicted molar refractivity (Wildman–Crippen MR) is 81.7 cm³/mol. The Morgan fingerprint density at radius 1 is 1.41 bits per heavy atom. The number of hydrogen-bond donors (Lipinski definition) is 2. The van der Waals surface area contributed by atoms with E-state index in [4.69, 9.17) is 5.73 Å². The normalized spacial score (nSPS) is 11.4. The molecule has 0 spiro atoms. The lowest BCUT2D eigenvalue weighted by Gasteiger charge is -2.13. The van der Waals surface area contributed by atoms with E-state index in [0.717, 1.165) is 25.1 Å². The highest BCUT2D eigenvalue weighted by Gasteiger charge is 2.11. The highest BCUT2D eigenvalue weighted by Crippen LogP contribution is 1.98. The van der Waals surface area contributed by atoms with Gasteiger partial charge in [0.05, 0.1) is 6.04 Å². The minimum atomic E-state index is -0.350. The second-order valence-electron chi connectivity index (χ2n) is 3.84. The maximum absolute atomic E-state index is 11.4. The van der Waals surface area contributed by atoms with Gasteiger partial charge in [-0.15, -0.1) is 24.8 Å². The molecular formula is C10H25Cl2N3OS. The van der Waals surface area contributed by atoms with E-state index in [9.17, 15) is 4.79 Å². The van der Waals surface area contributed by atoms with Crippen LogP contribution in [0.25, 0.3) is 0 Å². The van der Waals surface area contributed by atoms with Crippen molar-refractivity contribution in [1.29, 1.82) is 0 Å². The number of nitrogens with zero attached hydrogens (tertiary/aromatic N) is 1. The molecule has 0 unspecified atom stereocenters. The highest BCUT2D eigenvalue weighted by atomic mass is 35.5. The first-order valence-electron chi connectivity index (χ1n) is 5.25. The Kier molecular flexibility index (Phi) is 19.0. The van der Waals surface area contributed by atoms with Crippen LogP contribution < -0.4 is 11.1 Å². The van der Waals surface area contributed by atoms with Crippen molar-refractivity contribution in [1.82, 2.24) is 10.2 Å². The summed E-state index contributed by atoms with van der Waals surface area (Å²) in [7, 11) is 4.04. The Morgan fingerprint density at radius 3 is 2.47 bits per heavy atom. The molecule has 0 aliphatic heterocycles. The van der Waals surface area contributed by atoms with Gasteiger partial charge in [-0.05, 0) is 45.5 Å². The molecule has 3 N–H and O–H groups in total. The van der Waals surface area contributed by atoms with E-state index in [1.54, 1.807) is 11.8 Å². The number of thioether (sulfide) groups is 1. The van der Waals surface area contributed by atoms with E-state index < -0.39 is 0 Å². The van der Waals surface area contributed by atoms with Crippen LogP contribution in [0, 0.1) is 0 Å². The van der Waals surface area contributed by atoms with E-state index in [-0.39, 0.29) is 36.8 Å². The van der Waals surface area contributed by atoms with Gasteiger partial charge in [0.2, 0.25) is 5.91 Å². The molecule has 0 aliphatic rings. The second kappa shape index (κ2) is 14.4. The number of carbonyl (C=O) groups is 1. The third kappa shape index (κ3) is 14.3. The van der Waals surface area contributed by atoms with Gasteiger partial charge in [0.1, 0.15) is 0 Å². The maximum atomic E-state index is 11.4. The van der Waals surface area contributed by atoms with E-state index >= 15 is 0 Å². The molecule has 1 atom stereocenters. The first-order chi connectivity index (χ1) is 7.07. The summed E-state index contributed by atoms with van der Waals surface area (Å²) in [5, 5.41) is 2.85. The summed E-state index contributed by atoms with van der Waals surface area (Å²) in [6.07, 6.45) is 3.73. The molecule has 0 heterocycles. The second-order valence-corrected chi connectivity index (χ2v) is 4.82. The number of halogens is 2. The molecule has 0 saturated heterocycles. The van der Waals surface area contributed by atoms with Crippen molar-refractivity contribution >= 4 is 42.5 Å². The molecule has 0 rings (SSSR count). The molecule has 17 heavy (non-hydrogen) atoms. The van der Waals surface area contributed by atoms with E-state index in [1.165, 1.54) is 0 Å². The molecule has 0 bridgehead atoms. The minimum Gasteiger partial charge on any atom is -0.355 e. The smallest absolute Gasteiger partial charge is 0.236 e. The highest BCUT2D eigenvalue weighted by molar-refractivity contribution is 7.98. The number of carbonyl (C=O) groups excluding carboxylic acids is 1. The van der Waals surface area contributed by atoms with Crippen molar-refractivity contribution in [3.63, 3.8) is 0 Å². The Morgan fingerprint density at radius 2 is 2.00 bits per heavy atom. The van der Waals surface area contributed by atoms with Crippen LogP contribution in [0.4, 0.5) is 0 Å². The van der Waals surface area contributed by atoms with Gasteiger partial charge in [-0.25, -0.2) is 0 Å². The summed E-state index contributed by atoms with van der Waals surface area (Å²) in [4.78, 5) is 13.5. The summed E-state index contributed by atoms with van der Waals surface area (Å²) in [6.45, 7) is 1.70. The largest absolute Gasteiger partial charge is 0.355 e. The third-order valence-corrected chi connectivity index (χ3v) is 2.70. The van der Waals surface area contributed by atoms with Crippen LogP contribution in [0.5, 0.6) is 0 Å². The van der Waals surface area contributed by atoms with Gasteiger partial charge in [0, 0.05) is 6.54 Å². The molecule has 7 heteroatoms. The fourth-order valence-electron chi connectivity index (χ4n) is 1.11. The molecule has 4 nitrogen and oxygen atoms in total. The number of nitrogens with two attached hydrogens (primary N) is 1. The van der Waals surface area contributed by atoms with Crippen LogP contribution in [0.3, 0.4) is 0 Å². The van der Waals surface area contributed by atoms with Gasteiger partial charge in [0.15, 0.2) is 0 Å². The third-order valence-electron chi connectivity index (χ3n) is 2.05. The van der Waals surface area contributed by atoms with Crippen LogP contribution in [0.1, 0.15) is 12.8 Å². The Bertz CT molecular complexity index is 185. The summed E-state index contributed by atoms with van der Waals surface area (Å²) in [5.41, 5.74) is 5.71. The maximum Gasteiger partial charge on any atom is 0.236 e. The van der Waals surface area contributed by atoms with Gasteiger partial charge < -0.3 is 16.0 Å². The number of hydrogen-bond acceptors (Lipinski definition) is 4. The lowest BCUT2D eigenvalue weighted by molar-refractivity contribution is -0.122. The molecule has 106 valence electrons. The minimum absolute atomic E-state index is 0. The fourth-order valence-corrected chi connectivity index (χ4v) is 1.60. The monoisotopic (exact) mass is 305 g/mol. The Labute approximate surface area is 121 Å². The van der Waals surface area contributed by atoms with Crippen LogP contribution in [-0.4, -0.2) is 56.0 Å². The van der Waals surface area contributed by atoms with Gasteiger partial charge in [-0.3, -0.25) is 4.79 Å². The summed E-state index contributed by atoms with van der Waals surface area (Å²) < 4.78 is 0. The molecule has 1 amide bonds. The Hall–Kier alpha value is 0.320. The van der Waals surface area contributed by atoms with Gasteiger partial charge >= 0.3 is 0 Å². The fraction of sp³-hybridized carbons (Fsp3) is 0.900. The molecular weight excluding hydrogens is 281 g/mol. The topological polar surface area (TPSA) is 58.4 Å². The lowest BCUT2D eigenvalue weighted by Crippen LogP contribution is -2.41. The molecule has 0 radical (unpaired) electrons. The van der Waals surface area contributed by atoms with Crippen LogP contribution in [-0.2, 0) is 4.79 Å². The zero-order chi connectivity index (χ0) is 11.7. The average molecular weight is 306 g/mol. The Balaban J connectivity index is -0.000000980. The summed E-state index contributed by atoms with van der Waals surface area (Å²) in [5.74, 6) is 0.912. The molecule has 0 saturated carbocycles. The van der Waals surface area contributed by atoms with E-state index in [0.29, 0.717) is 6.54 Å². The van der Waals surface area contributed by atoms with Gasteiger partial charge in [-0.1, -0.05) is 0 Å². The average Bonchev–Trinajstić information content (AvgIpc) is 2.20. The van der Waals surface area contributed by atoms with E-state index in [2.05, 4.69) is 10.2 Å². The van der Waals surface area contributed by atoms with Crippen molar-refractivity contribution in [2.75, 3.05) is 39.2 Å². The van der Waals surface area contributed by atoms with Crippen LogP contribution in [0.2, 0.25) is 0 Å². The van der Waals surface area contributed by atoms with Crippen molar-refractivity contribution < 1.29 is 4.79 Å².